The molecule has 15 aromatic carbocycles. The quantitative estimate of drug-likeness (QED) is 0.0671. The van der Waals surface area contributed by atoms with Gasteiger partial charge in [0.15, 0.2) is 0 Å². The van der Waals surface area contributed by atoms with E-state index in [-0.39, 0.29) is 112 Å². The smallest absolute Gasteiger partial charge is 0.115 e. The van der Waals surface area contributed by atoms with E-state index in [9.17, 15) is 0 Å². The SMILES string of the molecule is Oc1ccccc1.Oc1ccccc1.Oc1ccccc1.Oc1ccccc1.Oc1ccccc1.Oc1ccccc1.Oc1ccccc1.Oc1ccccc1.Oc1ccccc1.Oc1ccccc1.Oc1ccccc1.Oc1ccccc1.Oc1ccccc1.Oc1ccccc1.Oc1ccccc1.[Ta].[Ta].[Ta].[Ta].[Ta]. The van der Waals surface area contributed by atoms with Crippen LogP contribution >= 0.6 is 0 Å². The average molecular weight is 2320 g/mol. The normalized spacial score (nSPS) is 8.18. The Kier molecular flexibility index (Phi) is 75.9. The van der Waals surface area contributed by atoms with E-state index in [0.717, 1.165) is 0 Å². The summed E-state index contributed by atoms with van der Waals surface area (Å²) in [5.74, 6) is 4.83. The van der Waals surface area contributed by atoms with Crippen LogP contribution in [0.2, 0.25) is 0 Å². The van der Waals surface area contributed by atoms with Crippen molar-refractivity contribution in [3.63, 3.8) is 0 Å². The maximum absolute atomic E-state index is 8.63. The molecule has 0 unspecified atom stereocenters. The molecule has 0 heterocycles. The summed E-state index contributed by atoms with van der Waals surface area (Å²) >= 11 is 0. The number of aromatic hydroxyl groups is 15. The van der Waals surface area contributed by atoms with E-state index >= 15 is 0 Å². The van der Waals surface area contributed by atoms with Crippen LogP contribution in [0.15, 0.2) is 455 Å². The Morgan fingerprint density at radius 2 is 0.109 bits per heavy atom. The third-order valence-electron chi connectivity index (χ3n) is 11.3. The van der Waals surface area contributed by atoms with Crippen LogP contribution in [-0.4, -0.2) is 76.6 Å². The maximum atomic E-state index is 8.63. The van der Waals surface area contributed by atoms with Gasteiger partial charge in [-0.15, -0.1) is 0 Å². The minimum atomic E-state index is 0. The van der Waals surface area contributed by atoms with E-state index in [1.807, 2.05) is 91.0 Å². The summed E-state index contributed by atoms with van der Waals surface area (Å²) in [4.78, 5) is 0. The summed E-state index contributed by atoms with van der Waals surface area (Å²) in [6, 6.07) is 131. The molecule has 0 saturated carbocycles. The van der Waals surface area contributed by atoms with Gasteiger partial charge in [-0.25, -0.2) is 0 Å². The predicted octanol–water partition coefficient (Wildman–Crippen LogP) is 20.9. The fourth-order valence-corrected chi connectivity index (χ4v) is 6.42. The Morgan fingerprint density at radius 3 is 0.127 bits per heavy atom. The Balaban J connectivity index is -0.000000357. The van der Waals surface area contributed by atoms with Crippen molar-refractivity contribution in [2.45, 2.75) is 0 Å². The van der Waals surface area contributed by atoms with Crippen LogP contribution in [0.1, 0.15) is 0 Å². The molecule has 5 radical (unpaired) electrons. The molecule has 15 N–H and O–H groups in total. The van der Waals surface area contributed by atoms with Crippen LogP contribution in [0.4, 0.5) is 0 Å². The van der Waals surface area contributed by atoms with E-state index < -0.39 is 0 Å². The predicted molar refractivity (Wildman–Crippen MR) is 422 cm³/mol. The number of hydrogen-bond donors (Lipinski definition) is 15. The van der Waals surface area contributed by atoms with Crippen molar-refractivity contribution in [2.75, 3.05) is 0 Å². The first-order valence-corrected chi connectivity index (χ1v) is 32.0. The summed E-state index contributed by atoms with van der Waals surface area (Å²) in [5, 5.41) is 129. The van der Waals surface area contributed by atoms with Crippen molar-refractivity contribution in [3.05, 3.63) is 455 Å². The monoisotopic (exact) mass is 2320 g/mol. The Bertz CT molecular complexity index is 3140. The van der Waals surface area contributed by atoms with E-state index in [1.165, 1.54) is 0 Å². The molecule has 0 saturated heterocycles. The summed E-state index contributed by atoms with van der Waals surface area (Å²) < 4.78 is 0. The van der Waals surface area contributed by atoms with Gasteiger partial charge in [0, 0.05) is 112 Å². The van der Waals surface area contributed by atoms with Crippen LogP contribution in [0, 0.1) is 0 Å². The molecule has 0 aromatic heterocycles. The Hall–Kier alpha value is -11.0. The molecule has 565 valence electrons. The molecule has 0 aliphatic carbocycles. The minimum Gasteiger partial charge on any atom is -0.508 e. The first-order valence-electron chi connectivity index (χ1n) is 32.0. The molecule has 0 amide bonds. The van der Waals surface area contributed by atoms with Crippen molar-refractivity contribution in [3.8, 4) is 86.2 Å². The van der Waals surface area contributed by atoms with Crippen molar-refractivity contribution >= 4 is 0 Å². The van der Waals surface area contributed by atoms with Gasteiger partial charge >= 0.3 is 0 Å². The number of para-hydroxylation sites is 15. The van der Waals surface area contributed by atoms with Crippen LogP contribution in [-0.2, 0) is 112 Å². The first kappa shape index (κ1) is 108. The molecule has 0 fully saturated rings. The zero-order valence-electron chi connectivity index (χ0n) is 59.7. The fourth-order valence-electron chi connectivity index (χ4n) is 6.42. The Labute approximate surface area is 722 Å². The van der Waals surface area contributed by atoms with Gasteiger partial charge < -0.3 is 76.6 Å². The first-order chi connectivity index (χ1) is 50.9. The maximum Gasteiger partial charge on any atom is 0.115 e. The van der Waals surface area contributed by atoms with Crippen molar-refractivity contribution in [1.29, 1.82) is 0 Å². The third kappa shape index (κ3) is 75.2. The zero-order valence-corrected chi connectivity index (χ0v) is 75.8. The molecule has 15 nitrogen and oxygen atoms in total. The molecular formula is C90H90O15Ta5. The molecular weight excluding hydrogens is 2230 g/mol. The second kappa shape index (κ2) is 77.6. The average Bonchev–Trinajstić information content (AvgIpc) is 3.85. The number of phenols is 15. The molecule has 0 atom stereocenters. The van der Waals surface area contributed by atoms with Gasteiger partial charge in [-0.1, -0.05) is 273 Å². The van der Waals surface area contributed by atoms with Gasteiger partial charge in [0.25, 0.3) is 0 Å². The Morgan fingerprint density at radius 1 is 0.0727 bits per heavy atom. The second-order valence-corrected chi connectivity index (χ2v) is 20.0. The number of hydrogen-bond acceptors (Lipinski definition) is 15. The number of rotatable bonds is 0. The summed E-state index contributed by atoms with van der Waals surface area (Å²) in [5.41, 5.74) is 0. The van der Waals surface area contributed by atoms with Crippen molar-refractivity contribution < 1.29 is 188 Å². The molecule has 15 aromatic rings. The fraction of sp³-hybridized carbons (Fsp3) is 0. The number of phenolic OH excluding ortho intramolecular Hbond substituents is 15. The van der Waals surface area contributed by atoms with E-state index in [2.05, 4.69) is 0 Å². The van der Waals surface area contributed by atoms with Crippen LogP contribution in [0.3, 0.4) is 0 Å². The molecule has 110 heavy (non-hydrogen) atoms. The molecule has 0 bridgehead atoms. The van der Waals surface area contributed by atoms with Gasteiger partial charge in [-0.05, 0) is 182 Å². The van der Waals surface area contributed by atoms with Crippen molar-refractivity contribution in [1.82, 2.24) is 0 Å². The largest absolute Gasteiger partial charge is 0.508 e. The van der Waals surface area contributed by atoms with Crippen molar-refractivity contribution in [2.24, 2.45) is 0 Å². The van der Waals surface area contributed by atoms with Crippen LogP contribution < -0.4 is 0 Å². The van der Waals surface area contributed by atoms with Gasteiger partial charge in [-0.3, -0.25) is 0 Å². The molecule has 15 rings (SSSR count). The van der Waals surface area contributed by atoms with E-state index in [4.69, 9.17) is 76.6 Å². The standard InChI is InChI=1S/15C6H6O.5Ta/c15*7-6-4-2-1-3-5-6;;;;;/h15*1-5,7H;;;;;. The molecule has 20 heteroatoms. The molecule has 0 spiro atoms. The van der Waals surface area contributed by atoms with Gasteiger partial charge in [0.2, 0.25) is 0 Å². The second-order valence-electron chi connectivity index (χ2n) is 20.0. The van der Waals surface area contributed by atoms with Gasteiger partial charge in [0.05, 0.1) is 0 Å². The molecule has 0 aliphatic heterocycles. The van der Waals surface area contributed by atoms with Crippen LogP contribution in [0.25, 0.3) is 0 Å². The summed E-state index contributed by atoms with van der Waals surface area (Å²) in [6.07, 6.45) is 0. The van der Waals surface area contributed by atoms with E-state index in [0.29, 0.717) is 86.2 Å². The third-order valence-corrected chi connectivity index (χ3v) is 11.3. The van der Waals surface area contributed by atoms with Gasteiger partial charge in [0.1, 0.15) is 86.2 Å². The molecule has 0 aliphatic rings. The summed E-state index contributed by atoms with van der Waals surface area (Å²) in [6.45, 7) is 0. The number of benzene rings is 15. The topological polar surface area (TPSA) is 303 Å². The van der Waals surface area contributed by atoms with Crippen LogP contribution in [0.5, 0.6) is 86.2 Å². The zero-order chi connectivity index (χ0) is 76.7. The van der Waals surface area contributed by atoms with Gasteiger partial charge in [-0.2, -0.15) is 0 Å². The summed E-state index contributed by atoms with van der Waals surface area (Å²) in [7, 11) is 0. The van der Waals surface area contributed by atoms with E-state index in [1.54, 1.807) is 364 Å². The minimum absolute atomic E-state index is 0.